The van der Waals surface area contributed by atoms with Crippen LogP contribution in [0.3, 0.4) is 0 Å². The molecule has 0 amide bonds. The monoisotopic (exact) mass is 358 g/mol. The first kappa shape index (κ1) is 17.7. The van der Waals surface area contributed by atoms with Crippen LogP contribution in [0.4, 0.5) is 13.2 Å². The van der Waals surface area contributed by atoms with Gasteiger partial charge >= 0.3 is 12.1 Å². The van der Waals surface area contributed by atoms with Crippen LogP contribution in [-0.2, 0) is 9.53 Å². The summed E-state index contributed by atoms with van der Waals surface area (Å²) >= 11 is 0. The highest BCUT2D eigenvalue weighted by Crippen LogP contribution is 2.71. The van der Waals surface area contributed by atoms with Gasteiger partial charge in [-0.1, -0.05) is 13.8 Å². The fraction of sp³-hybridized carbons (Fsp3) is 0.950. The maximum Gasteiger partial charge on any atom is 0.404 e. The second kappa shape index (κ2) is 5.39. The first-order valence-electron chi connectivity index (χ1n) is 9.97. The molecule has 0 saturated heterocycles. The zero-order valence-electron chi connectivity index (χ0n) is 15.4. The van der Waals surface area contributed by atoms with Crippen LogP contribution >= 0.6 is 0 Å². The normalized spacial score (nSPS) is 47.0. The highest BCUT2D eigenvalue weighted by atomic mass is 19.4. The molecule has 4 aliphatic carbocycles. The van der Waals surface area contributed by atoms with Gasteiger partial charge in [0.15, 0.2) is 5.41 Å². The summed E-state index contributed by atoms with van der Waals surface area (Å²) in [6.07, 6.45) is 1.51. The summed E-state index contributed by atoms with van der Waals surface area (Å²) in [6, 6.07) is 0. The Kier molecular flexibility index (Phi) is 3.81. The molecule has 0 aromatic heterocycles. The van der Waals surface area contributed by atoms with Gasteiger partial charge < -0.3 is 4.74 Å². The molecule has 0 aromatic carbocycles. The van der Waals surface area contributed by atoms with E-state index in [-0.39, 0.29) is 12.3 Å². The molecule has 4 bridgehead atoms. The predicted octanol–water partition coefficient (Wildman–Crippen LogP) is 5.36. The minimum atomic E-state index is -4.57. The fourth-order valence-electron chi connectivity index (χ4n) is 7.05. The Morgan fingerprint density at radius 1 is 1.08 bits per heavy atom. The van der Waals surface area contributed by atoms with Crippen LogP contribution in [0.2, 0.25) is 0 Å². The molecule has 25 heavy (non-hydrogen) atoms. The molecule has 0 aromatic rings. The number of ether oxygens (including phenoxy) is 1. The first-order chi connectivity index (χ1) is 11.7. The van der Waals surface area contributed by atoms with Crippen molar-refractivity contribution in [3.63, 3.8) is 0 Å². The van der Waals surface area contributed by atoms with Crippen molar-refractivity contribution < 1.29 is 22.7 Å². The zero-order valence-corrected chi connectivity index (χ0v) is 15.4. The molecule has 0 N–H and O–H groups in total. The molecule has 2 nitrogen and oxygen atoms in total. The Labute approximate surface area is 147 Å². The average Bonchev–Trinajstić information content (AvgIpc) is 3.30. The highest BCUT2D eigenvalue weighted by molar-refractivity contribution is 5.78. The van der Waals surface area contributed by atoms with Crippen LogP contribution in [0.15, 0.2) is 0 Å². The van der Waals surface area contributed by atoms with Crippen molar-refractivity contribution >= 4 is 5.97 Å². The van der Waals surface area contributed by atoms with Gasteiger partial charge in [0.25, 0.3) is 0 Å². The van der Waals surface area contributed by atoms with Crippen molar-refractivity contribution in [3.8, 4) is 0 Å². The lowest BCUT2D eigenvalue weighted by Crippen LogP contribution is -2.52. The minimum absolute atomic E-state index is 0.278. The molecule has 0 heterocycles. The summed E-state index contributed by atoms with van der Waals surface area (Å²) in [5.74, 6) is 2.66. The SMILES string of the molecule is CCC1(OC(=O)C(C)(CC)C(F)(F)F)CC2CC1C1C3CCC(C3)C21. The summed E-state index contributed by atoms with van der Waals surface area (Å²) in [5, 5.41) is 0. The number of hydrogen-bond acceptors (Lipinski definition) is 2. The van der Waals surface area contributed by atoms with E-state index in [4.69, 9.17) is 4.74 Å². The Bertz CT molecular complexity index is 574. The summed E-state index contributed by atoms with van der Waals surface area (Å²) in [6.45, 7) is 4.39. The van der Waals surface area contributed by atoms with E-state index < -0.39 is 23.2 Å². The van der Waals surface area contributed by atoms with E-state index in [1.807, 2.05) is 6.92 Å². The Morgan fingerprint density at radius 2 is 1.72 bits per heavy atom. The smallest absolute Gasteiger partial charge is 0.404 e. The molecule has 8 atom stereocenters. The predicted molar refractivity (Wildman–Crippen MR) is 87.6 cm³/mol. The van der Waals surface area contributed by atoms with Crippen molar-refractivity contribution in [2.75, 3.05) is 0 Å². The van der Waals surface area contributed by atoms with Gasteiger partial charge in [0.1, 0.15) is 5.60 Å². The molecule has 5 heteroatoms. The second-order valence-electron chi connectivity index (χ2n) is 9.29. The molecule has 8 unspecified atom stereocenters. The number of halogens is 3. The lowest BCUT2D eigenvalue weighted by molar-refractivity contribution is -0.242. The van der Waals surface area contributed by atoms with Gasteiger partial charge in [-0.05, 0) is 81.5 Å². The molecular weight excluding hydrogens is 329 g/mol. The van der Waals surface area contributed by atoms with Gasteiger partial charge in [-0.2, -0.15) is 13.2 Å². The van der Waals surface area contributed by atoms with E-state index in [0.29, 0.717) is 18.3 Å². The average molecular weight is 358 g/mol. The van der Waals surface area contributed by atoms with Crippen LogP contribution < -0.4 is 0 Å². The van der Waals surface area contributed by atoms with E-state index in [1.54, 1.807) is 0 Å². The molecular formula is C20H29F3O2. The molecule has 4 fully saturated rings. The fourth-order valence-corrected chi connectivity index (χ4v) is 7.05. The van der Waals surface area contributed by atoms with E-state index in [9.17, 15) is 18.0 Å². The number of alkyl halides is 3. The van der Waals surface area contributed by atoms with Crippen LogP contribution in [0, 0.1) is 40.9 Å². The third-order valence-corrected chi connectivity index (χ3v) is 8.57. The second-order valence-corrected chi connectivity index (χ2v) is 9.29. The number of hydrogen-bond donors (Lipinski definition) is 0. The van der Waals surface area contributed by atoms with E-state index in [1.165, 1.54) is 26.2 Å². The zero-order chi connectivity index (χ0) is 18.2. The summed E-state index contributed by atoms with van der Waals surface area (Å²) in [7, 11) is 0. The standard InChI is InChI=1S/C20H29F3O2/c1-4-18(3,20(21,22)23)17(24)25-19(5-2)10-13-9-14(19)16-12-7-6-11(8-12)15(13)16/h11-16H,4-10H2,1-3H3. The Hall–Kier alpha value is -0.740. The third-order valence-electron chi connectivity index (χ3n) is 8.57. The van der Waals surface area contributed by atoms with Gasteiger partial charge in [0.2, 0.25) is 0 Å². The van der Waals surface area contributed by atoms with Crippen molar-refractivity contribution in [1.29, 1.82) is 0 Å². The molecule has 0 spiro atoms. The summed E-state index contributed by atoms with van der Waals surface area (Å²) < 4.78 is 46.3. The van der Waals surface area contributed by atoms with Gasteiger partial charge in [0, 0.05) is 5.92 Å². The largest absolute Gasteiger partial charge is 0.458 e. The molecule has 0 aliphatic heterocycles. The molecule has 0 radical (unpaired) electrons. The van der Waals surface area contributed by atoms with Crippen molar-refractivity contribution in [1.82, 2.24) is 0 Å². The third kappa shape index (κ3) is 2.19. The van der Waals surface area contributed by atoms with Crippen LogP contribution in [0.1, 0.15) is 65.7 Å². The first-order valence-corrected chi connectivity index (χ1v) is 9.97. The van der Waals surface area contributed by atoms with Gasteiger partial charge in [-0.25, -0.2) is 0 Å². The lowest BCUT2D eigenvalue weighted by atomic mass is 9.65. The van der Waals surface area contributed by atoms with Crippen LogP contribution in [-0.4, -0.2) is 17.7 Å². The van der Waals surface area contributed by atoms with Gasteiger partial charge in [-0.3, -0.25) is 4.79 Å². The molecule has 4 rings (SSSR count). The maximum atomic E-state index is 13.5. The summed E-state index contributed by atoms with van der Waals surface area (Å²) in [4.78, 5) is 12.6. The van der Waals surface area contributed by atoms with E-state index in [0.717, 1.165) is 37.5 Å². The van der Waals surface area contributed by atoms with Gasteiger partial charge in [0.05, 0.1) is 0 Å². The molecule has 142 valence electrons. The molecule has 4 aliphatic rings. The van der Waals surface area contributed by atoms with Gasteiger partial charge in [-0.15, -0.1) is 0 Å². The number of carbonyl (C=O) groups excluding carboxylic acids is 1. The maximum absolute atomic E-state index is 13.5. The molecule has 4 saturated carbocycles. The number of fused-ring (bicyclic) bond motifs is 9. The highest BCUT2D eigenvalue weighted by Gasteiger charge is 2.69. The lowest BCUT2D eigenvalue weighted by Gasteiger charge is -2.46. The topological polar surface area (TPSA) is 26.3 Å². The summed E-state index contributed by atoms with van der Waals surface area (Å²) in [5.41, 5.74) is -3.06. The minimum Gasteiger partial charge on any atom is -0.458 e. The van der Waals surface area contributed by atoms with Crippen LogP contribution in [0.5, 0.6) is 0 Å². The number of rotatable bonds is 4. The van der Waals surface area contributed by atoms with E-state index in [2.05, 4.69) is 0 Å². The van der Waals surface area contributed by atoms with E-state index >= 15 is 0 Å². The number of esters is 1. The number of carbonyl (C=O) groups is 1. The van der Waals surface area contributed by atoms with Crippen LogP contribution in [0.25, 0.3) is 0 Å². The quantitative estimate of drug-likeness (QED) is 0.499. The Balaban J connectivity index is 1.58. The Morgan fingerprint density at radius 3 is 2.28 bits per heavy atom. The van der Waals surface area contributed by atoms with Crippen molar-refractivity contribution in [2.45, 2.75) is 77.5 Å². The van der Waals surface area contributed by atoms with Crippen molar-refractivity contribution in [3.05, 3.63) is 0 Å². The van der Waals surface area contributed by atoms with Crippen molar-refractivity contribution in [2.24, 2.45) is 40.9 Å².